The Morgan fingerprint density at radius 3 is 1.85 bits per heavy atom. The molecule has 2 heteroatoms. The summed E-state index contributed by atoms with van der Waals surface area (Å²) in [6.07, 6.45) is 2.10. The lowest BCUT2D eigenvalue weighted by Gasteiger charge is -2.35. The number of ether oxygens (including phenoxy) is 1. The van der Waals surface area contributed by atoms with Gasteiger partial charge in [-0.05, 0) is 40.7 Å². The van der Waals surface area contributed by atoms with Crippen molar-refractivity contribution >= 4 is 0 Å². The van der Waals surface area contributed by atoms with Crippen molar-refractivity contribution in [2.75, 3.05) is 13.2 Å². The zero-order chi connectivity index (χ0) is 17.8. The zero-order valence-corrected chi connectivity index (χ0v) is 15.0. The second kappa shape index (κ2) is 7.45. The van der Waals surface area contributed by atoms with Crippen molar-refractivity contribution in [2.24, 2.45) is 5.73 Å². The van der Waals surface area contributed by atoms with Crippen LogP contribution in [-0.2, 0) is 29.6 Å². The van der Waals surface area contributed by atoms with Crippen molar-refractivity contribution in [1.82, 2.24) is 0 Å². The van der Waals surface area contributed by atoms with Crippen LogP contribution in [0.2, 0.25) is 0 Å². The molecule has 26 heavy (non-hydrogen) atoms. The van der Waals surface area contributed by atoms with E-state index < -0.39 is 0 Å². The zero-order valence-electron chi connectivity index (χ0n) is 15.0. The molecule has 0 bridgehead atoms. The maximum absolute atomic E-state index is 6.44. The second-order valence-corrected chi connectivity index (χ2v) is 7.08. The van der Waals surface area contributed by atoms with E-state index in [1.165, 1.54) is 27.8 Å². The molecule has 3 aromatic carbocycles. The van der Waals surface area contributed by atoms with Gasteiger partial charge < -0.3 is 10.5 Å². The van der Waals surface area contributed by atoms with Gasteiger partial charge in [0.25, 0.3) is 0 Å². The number of rotatable bonds is 5. The SMILES string of the molecule is NCC1(COCc2ccccc2)c2ccccc2CCc2ccccc21. The molecule has 0 atom stereocenters. The Hall–Kier alpha value is -2.42. The lowest BCUT2D eigenvalue weighted by Crippen LogP contribution is -2.41. The predicted molar refractivity (Wildman–Crippen MR) is 106 cm³/mol. The molecule has 0 saturated heterocycles. The molecule has 1 aliphatic rings. The average molecular weight is 343 g/mol. The topological polar surface area (TPSA) is 35.2 Å². The Kier molecular flexibility index (Phi) is 4.87. The van der Waals surface area contributed by atoms with Gasteiger partial charge in [0, 0.05) is 6.54 Å². The van der Waals surface area contributed by atoms with E-state index in [2.05, 4.69) is 60.7 Å². The molecule has 0 aromatic heterocycles. The summed E-state index contributed by atoms with van der Waals surface area (Å²) in [7, 11) is 0. The normalized spacial score (nSPS) is 15.0. The van der Waals surface area contributed by atoms with Crippen molar-refractivity contribution in [2.45, 2.75) is 24.9 Å². The maximum atomic E-state index is 6.44. The third kappa shape index (κ3) is 3.07. The second-order valence-electron chi connectivity index (χ2n) is 7.08. The van der Waals surface area contributed by atoms with Crippen LogP contribution in [0, 0.1) is 0 Å². The standard InChI is InChI=1S/C24H25NO/c25-17-24(18-26-16-19-8-2-1-3-9-19)22-12-6-4-10-20(22)14-15-21-11-5-7-13-23(21)24/h1-13H,14-18,25H2. The lowest BCUT2D eigenvalue weighted by molar-refractivity contribution is 0.0856. The third-order valence-electron chi connectivity index (χ3n) is 5.54. The molecule has 0 unspecified atom stereocenters. The van der Waals surface area contributed by atoms with Crippen molar-refractivity contribution in [3.63, 3.8) is 0 Å². The maximum Gasteiger partial charge on any atom is 0.0717 e. The van der Waals surface area contributed by atoms with Gasteiger partial charge in [-0.2, -0.15) is 0 Å². The van der Waals surface area contributed by atoms with E-state index in [0.717, 1.165) is 12.8 Å². The van der Waals surface area contributed by atoms with Crippen LogP contribution in [-0.4, -0.2) is 13.2 Å². The van der Waals surface area contributed by atoms with Gasteiger partial charge in [-0.15, -0.1) is 0 Å². The number of nitrogens with two attached hydrogens (primary N) is 1. The third-order valence-corrected chi connectivity index (χ3v) is 5.54. The fourth-order valence-electron chi connectivity index (χ4n) is 4.18. The van der Waals surface area contributed by atoms with E-state index in [0.29, 0.717) is 19.8 Å². The first-order valence-corrected chi connectivity index (χ1v) is 9.32. The van der Waals surface area contributed by atoms with E-state index in [9.17, 15) is 0 Å². The molecule has 0 amide bonds. The molecular formula is C24H25NO. The molecule has 0 heterocycles. The predicted octanol–water partition coefficient (Wildman–Crippen LogP) is 4.25. The first kappa shape index (κ1) is 17.0. The van der Waals surface area contributed by atoms with Gasteiger partial charge >= 0.3 is 0 Å². The first-order chi connectivity index (χ1) is 12.8. The van der Waals surface area contributed by atoms with Crippen LogP contribution in [0.5, 0.6) is 0 Å². The number of aryl methyl sites for hydroxylation is 2. The molecule has 132 valence electrons. The summed E-state index contributed by atoms with van der Waals surface area (Å²) in [5.74, 6) is 0. The summed E-state index contributed by atoms with van der Waals surface area (Å²) in [4.78, 5) is 0. The minimum Gasteiger partial charge on any atom is -0.375 e. The fraction of sp³-hybridized carbons (Fsp3) is 0.250. The van der Waals surface area contributed by atoms with E-state index in [1.54, 1.807) is 0 Å². The van der Waals surface area contributed by atoms with Crippen molar-refractivity contribution in [3.8, 4) is 0 Å². The van der Waals surface area contributed by atoms with Crippen LogP contribution in [0.1, 0.15) is 27.8 Å². The van der Waals surface area contributed by atoms with Gasteiger partial charge in [-0.3, -0.25) is 0 Å². The quantitative estimate of drug-likeness (QED) is 0.752. The van der Waals surface area contributed by atoms with Crippen LogP contribution in [0.3, 0.4) is 0 Å². The number of hydrogen-bond donors (Lipinski definition) is 1. The van der Waals surface area contributed by atoms with Gasteiger partial charge in [0.15, 0.2) is 0 Å². The van der Waals surface area contributed by atoms with E-state index in [4.69, 9.17) is 10.5 Å². The van der Waals surface area contributed by atoms with Gasteiger partial charge in [-0.25, -0.2) is 0 Å². The molecule has 0 aliphatic heterocycles. The Morgan fingerprint density at radius 2 is 1.27 bits per heavy atom. The minimum atomic E-state index is -0.293. The van der Waals surface area contributed by atoms with Crippen LogP contribution < -0.4 is 5.73 Å². The largest absolute Gasteiger partial charge is 0.375 e. The monoisotopic (exact) mass is 343 g/mol. The molecule has 0 spiro atoms. The summed E-state index contributed by atoms with van der Waals surface area (Å²) in [5, 5.41) is 0. The molecule has 2 N–H and O–H groups in total. The van der Waals surface area contributed by atoms with E-state index in [-0.39, 0.29) is 5.41 Å². The highest BCUT2D eigenvalue weighted by molar-refractivity contribution is 5.50. The van der Waals surface area contributed by atoms with Crippen molar-refractivity contribution in [3.05, 3.63) is 107 Å². The number of benzene rings is 3. The molecule has 3 aromatic rings. The van der Waals surface area contributed by atoms with Crippen molar-refractivity contribution in [1.29, 1.82) is 0 Å². The van der Waals surface area contributed by atoms with Gasteiger partial charge in [0.05, 0.1) is 18.6 Å². The summed E-state index contributed by atoms with van der Waals surface area (Å²) in [6.45, 7) is 1.73. The summed E-state index contributed by atoms with van der Waals surface area (Å²) in [6, 6.07) is 27.8. The minimum absolute atomic E-state index is 0.293. The molecule has 4 rings (SSSR count). The molecule has 2 nitrogen and oxygen atoms in total. The lowest BCUT2D eigenvalue weighted by atomic mass is 9.73. The summed E-state index contributed by atoms with van der Waals surface area (Å²) in [5.41, 5.74) is 12.7. The van der Waals surface area contributed by atoms with Gasteiger partial charge in [-0.1, -0.05) is 78.9 Å². The van der Waals surface area contributed by atoms with Crippen LogP contribution in [0.15, 0.2) is 78.9 Å². The molecule has 0 fully saturated rings. The highest BCUT2D eigenvalue weighted by Gasteiger charge is 2.38. The number of fused-ring (bicyclic) bond motifs is 2. The molecule has 0 saturated carbocycles. The Balaban J connectivity index is 1.73. The molecule has 1 aliphatic carbocycles. The summed E-state index contributed by atoms with van der Waals surface area (Å²) < 4.78 is 6.24. The van der Waals surface area contributed by atoms with Gasteiger partial charge in [0.1, 0.15) is 0 Å². The van der Waals surface area contributed by atoms with E-state index >= 15 is 0 Å². The smallest absolute Gasteiger partial charge is 0.0717 e. The van der Waals surface area contributed by atoms with Crippen molar-refractivity contribution < 1.29 is 4.74 Å². The van der Waals surface area contributed by atoms with E-state index in [1.807, 2.05) is 18.2 Å². The Labute approximate surface area is 155 Å². The highest BCUT2D eigenvalue weighted by Crippen LogP contribution is 2.39. The summed E-state index contributed by atoms with van der Waals surface area (Å²) >= 11 is 0. The Bertz CT molecular complexity index is 825. The first-order valence-electron chi connectivity index (χ1n) is 9.32. The van der Waals surface area contributed by atoms with Crippen LogP contribution in [0.25, 0.3) is 0 Å². The van der Waals surface area contributed by atoms with Gasteiger partial charge in [0.2, 0.25) is 0 Å². The van der Waals surface area contributed by atoms with Crippen LogP contribution in [0.4, 0.5) is 0 Å². The van der Waals surface area contributed by atoms with Crippen LogP contribution >= 0.6 is 0 Å². The Morgan fingerprint density at radius 1 is 0.731 bits per heavy atom. The molecular weight excluding hydrogens is 318 g/mol. The fourth-order valence-corrected chi connectivity index (χ4v) is 4.18. The molecule has 0 radical (unpaired) electrons. The average Bonchev–Trinajstić information content (AvgIpc) is 2.85. The number of hydrogen-bond acceptors (Lipinski definition) is 2. The highest BCUT2D eigenvalue weighted by atomic mass is 16.5.